The molecule has 0 aliphatic carbocycles. The molecular formula is C19H27N3O3. The van der Waals surface area contributed by atoms with Gasteiger partial charge < -0.3 is 19.9 Å². The maximum Gasteiger partial charge on any atom is 0.410 e. The Kier molecular flexibility index (Phi) is 4.62. The van der Waals surface area contributed by atoms with E-state index in [-0.39, 0.29) is 18.0 Å². The van der Waals surface area contributed by atoms with Gasteiger partial charge in [-0.3, -0.25) is 4.79 Å². The van der Waals surface area contributed by atoms with E-state index in [9.17, 15) is 9.59 Å². The highest BCUT2D eigenvalue weighted by Crippen LogP contribution is 2.29. The topological polar surface area (TPSA) is 61.9 Å². The first-order valence-corrected chi connectivity index (χ1v) is 8.85. The fraction of sp³-hybridized carbons (Fsp3) is 0.579. The minimum absolute atomic E-state index is 0.123. The van der Waals surface area contributed by atoms with E-state index in [1.807, 2.05) is 40.0 Å². The summed E-state index contributed by atoms with van der Waals surface area (Å²) in [5.41, 5.74) is 2.75. The molecule has 0 bridgehead atoms. The number of benzene rings is 1. The number of likely N-dealkylation sites (tertiary alicyclic amines) is 1. The Bertz CT molecular complexity index is 681. The summed E-state index contributed by atoms with van der Waals surface area (Å²) in [5, 5.41) is 3.39. The van der Waals surface area contributed by atoms with Crippen molar-refractivity contribution in [2.24, 2.45) is 0 Å². The zero-order chi connectivity index (χ0) is 18.2. The van der Waals surface area contributed by atoms with Crippen LogP contribution in [0.3, 0.4) is 0 Å². The fourth-order valence-electron chi connectivity index (χ4n) is 3.34. The lowest BCUT2D eigenvalue weighted by Crippen LogP contribution is -2.40. The van der Waals surface area contributed by atoms with Crippen LogP contribution < -0.4 is 5.32 Å². The average molecular weight is 345 g/mol. The van der Waals surface area contributed by atoms with E-state index in [0.717, 1.165) is 30.6 Å². The number of nitrogens with zero attached hydrogens (tertiary/aromatic N) is 2. The van der Waals surface area contributed by atoms with Gasteiger partial charge in [0.15, 0.2) is 0 Å². The van der Waals surface area contributed by atoms with Gasteiger partial charge in [0.1, 0.15) is 11.6 Å². The van der Waals surface area contributed by atoms with Gasteiger partial charge in [0, 0.05) is 25.8 Å². The molecule has 2 amide bonds. The highest BCUT2D eigenvalue weighted by Gasteiger charge is 2.31. The van der Waals surface area contributed by atoms with Crippen molar-refractivity contribution in [3.05, 3.63) is 29.3 Å². The molecule has 3 rings (SSSR count). The van der Waals surface area contributed by atoms with E-state index in [4.69, 9.17) is 4.74 Å². The second-order valence-corrected chi connectivity index (χ2v) is 7.84. The van der Waals surface area contributed by atoms with Gasteiger partial charge in [-0.1, -0.05) is 12.1 Å². The van der Waals surface area contributed by atoms with Crippen LogP contribution in [0, 0.1) is 0 Å². The number of nitrogens with one attached hydrogen (secondary N) is 1. The van der Waals surface area contributed by atoms with Crippen LogP contribution in [0.4, 0.5) is 10.5 Å². The van der Waals surface area contributed by atoms with E-state index in [1.165, 1.54) is 5.56 Å². The van der Waals surface area contributed by atoms with E-state index in [0.29, 0.717) is 13.1 Å². The fourth-order valence-corrected chi connectivity index (χ4v) is 3.34. The third-order valence-electron chi connectivity index (χ3n) is 4.68. The lowest BCUT2D eigenvalue weighted by Gasteiger charge is -2.32. The number of amides is 2. The van der Waals surface area contributed by atoms with Crippen molar-refractivity contribution < 1.29 is 14.3 Å². The average Bonchev–Trinajstić information content (AvgIpc) is 2.85. The predicted molar refractivity (Wildman–Crippen MR) is 96.5 cm³/mol. The second kappa shape index (κ2) is 6.58. The van der Waals surface area contributed by atoms with Gasteiger partial charge >= 0.3 is 6.09 Å². The summed E-state index contributed by atoms with van der Waals surface area (Å²) in [6.07, 6.45) is 1.31. The summed E-state index contributed by atoms with van der Waals surface area (Å²) in [6.45, 7) is 7.55. The molecule has 1 aromatic carbocycles. The number of hydrogen-bond acceptors (Lipinski definition) is 4. The van der Waals surface area contributed by atoms with E-state index >= 15 is 0 Å². The Balaban J connectivity index is 1.77. The highest BCUT2D eigenvalue weighted by atomic mass is 16.6. The molecule has 0 saturated carbocycles. The molecule has 6 nitrogen and oxygen atoms in total. The summed E-state index contributed by atoms with van der Waals surface area (Å²) < 4.78 is 5.50. The van der Waals surface area contributed by atoms with Gasteiger partial charge in [0.25, 0.3) is 0 Å². The van der Waals surface area contributed by atoms with E-state index in [1.54, 1.807) is 9.80 Å². The number of ether oxygens (including phenoxy) is 1. The number of likely N-dealkylation sites (N-methyl/N-ethyl adjacent to an activating group) is 1. The van der Waals surface area contributed by atoms with Crippen LogP contribution in [0.15, 0.2) is 18.2 Å². The van der Waals surface area contributed by atoms with Gasteiger partial charge in [-0.25, -0.2) is 4.79 Å². The summed E-state index contributed by atoms with van der Waals surface area (Å²) >= 11 is 0. The SMILES string of the molecule is CN1CC[C@@H](Nc2cccc3c2CN(C(=O)OC(C)(C)C)CC3)C1=O. The molecule has 1 N–H and O–H groups in total. The zero-order valence-corrected chi connectivity index (χ0v) is 15.5. The number of carbonyl (C=O) groups is 2. The zero-order valence-electron chi connectivity index (χ0n) is 15.5. The Morgan fingerprint density at radius 1 is 1.28 bits per heavy atom. The highest BCUT2D eigenvalue weighted by molar-refractivity contribution is 5.86. The largest absolute Gasteiger partial charge is 0.444 e. The third-order valence-corrected chi connectivity index (χ3v) is 4.68. The van der Waals surface area contributed by atoms with Crippen LogP contribution in [-0.2, 0) is 22.5 Å². The van der Waals surface area contributed by atoms with Crippen LogP contribution in [0.25, 0.3) is 0 Å². The van der Waals surface area contributed by atoms with Crippen molar-refractivity contribution >= 4 is 17.7 Å². The molecule has 25 heavy (non-hydrogen) atoms. The Morgan fingerprint density at radius 3 is 2.68 bits per heavy atom. The lowest BCUT2D eigenvalue weighted by molar-refractivity contribution is -0.127. The van der Waals surface area contributed by atoms with Gasteiger partial charge in [0.05, 0.1) is 6.54 Å². The first-order valence-electron chi connectivity index (χ1n) is 8.85. The van der Waals surface area contributed by atoms with Crippen molar-refractivity contribution in [3.8, 4) is 0 Å². The van der Waals surface area contributed by atoms with E-state index in [2.05, 4.69) is 11.4 Å². The van der Waals surface area contributed by atoms with Gasteiger partial charge in [-0.05, 0) is 50.8 Å². The molecule has 0 unspecified atom stereocenters. The van der Waals surface area contributed by atoms with Crippen molar-refractivity contribution in [3.63, 3.8) is 0 Å². The molecule has 1 fully saturated rings. The third kappa shape index (κ3) is 3.89. The molecule has 0 radical (unpaired) electrons. The van der Waals surface area contributed by atoms with Gasteiger partial charge in [-0.15, -0.1) is 0 Å². The van der Waals surface area contributed by atoms with Crippen LogP contribution in [0.2, 0.25) is 0 Å². The smallest absolute Gasteiger partial charge is 0.410 e. The number of carbonyl (C=O) groups excluding carboxylic acids is 2. The number of rotatable bonds is 2. The quantitative estimate of drug-likeness (QED) is 0.895. The minimum Gasteiger partial charge on any atom is -0.444 e. The first-order chi connectivity index (χ1) is 11.7. The number of fused-ring (bicyclic) bond motifs is 1. The second-order valence-electron chi connectivity index (χ2n) is 7.84. The van der Waals surface area contributed by atoms with Crippen LogP contribution in [-0.4, -0.2) is 53.6 Å². The molecule has 1 aromatic rings. The number of anilines is 1. The summed E-state index contributed by atoms with van der Waals surface area (Å²) in [6, 6.07) is 5.90. The first kappa shape index (κ1) is 17.6. The monoisotopic (exact) mass is 345 g/mol. The molecule has 2 heterocycles. The standard InChI is InChI=1S/C19H27N3O3/c1-19(2,3)25-18(24)22-11-8-13-6-5-7-15(14(13)12-22)20-16-9-10-21(4)17(16)23/h5-7,16,20H,8-12H2,1-4H3/t16-/m1/s1. The Labute approximate surface area is 149 Å². The van der Waals surface area contributed by atoms with Crippen molar-refractivity contribution in [2.45, 2.75) is 51.8 Å². The Hall–Kier alpha value is -2.24. The van der Waals surface area contributed by atoms with Crippen molar-refractivity contribution in [2.75, 3.05) is 25.5 Å². The van der Waals surface area contributed by atoms with Gasteiger partial charge in [-0.2, -0.15) is 0 Å². The summed E-state index contributed by atoms with van der Waals surface area (Å²) in [4.78, 5) is 28.1. The molecule has 1 saturated heterocycles. The van der Waals surface area contributed by atoms with Crippen LogP contribution in [0.1, 0.15) is 38.3 Å². The van der Waals surface area contributed by atoms with Crippen LogP contribution >= 0.6 is 0 Å². The molecular weight excluding hydrogens is 318 g/mol. The maximum absolute atomic E-state index is 12.4. The van der Waals surface area contributed by atoms with Crippen molar-refractivity contribution in [1.82, 2.24) is 9.80 Å². The molecule has 2 aliphatic heterocycles. The molecule has 0 aromatic heterocycles. The molecule has 2 aliphatic rings. The van der Waals surface area contributed by atoms with E-state index < -0.39 is 5.60 Å². The summed E-state index contributed by atoms with van der Waals surface area (Å²) in [7, 11) is 1.83. The molecule has 0 spiro atoms. The summed E-state index contributed by atoms with van der Waals surface area (Å²) in [5.74, 6) is 0.123. The predicted octanol–water partition coefficient (Wildman–Crippen LogP) is 2.62. The van der Waals surface area contributed by atoms with Gasteiger partial charge in [0.2, 0.25) is 5.91 Å². The lowest BCUT2D eigenvalue weighted by atomic mass is 9.97. The Morgan fingerprint density at radius 2 is 2.04 bits per heavy atom. The van der Waals surface area contributed by atoms with Crippen molar-refractivity contribution in [1.29, 1.82) is 0 Å². The molecule has 136 valence electrons. The van der Waals surface area contributed by atoms with Crippen LogP contribution in [0.5, 0.6) is 0 Å². The molecule has 1 atom stereocenters. The number of hydrogen-bond donors (Lipinski definition) is 1. The normalized spacial score (nSPS) is 20.5. The minimum atomic E-state index is -0.504. The maximum atomic E-state index is 12.4. The molecule has 6 heteroatoms.